The highest BCUT2D eigenvalue weighted by Crippen LogP contribution is 2.48. The molecule has 0 aromatic heterocycles. The Hall–Kier alpha value is -2.97. The number of ether oxygens (including phenoxy) is 1. The van der Waals surface area contributed by atoms with Crippen LogP contribution in [0.3, 0.4) is 0 Å². The number of hydrogen-bond donors (Lipinski definition) is 2. The lowest BCUT2D eigenvalue weighted by Gasteiger charge is -2.25. The van der Waals surface area contributed by atoms with Crippen LogP contribution in [0.4, 0.5) is 18.9 Å². The Balaban J connectivity index is 1.67. The molecule has 2 aliphatic carbocycles. The third kappa shape index (κ3) is 6.35. The molecule has 0 bridgehead atoms. The molecule has 2 aromatic rings. The van der Waals surface area contributed by atoms with Gasteiger partial charge in [0.05, 0.1) is 12.3 Å². The van der Waals surface area contributed by atoms with Crippen LogP contribution in [-0.4, -0.2) is 35.2 Å². The van der Waals surface area contributed by atoms with E-state index in [1.165, 1.54) is 12.1 Å². The van der Waals surface area contributed by atoms with Crippen molar-refractivity contribution >= 4 is 17.7 Å². The van der Waals surface area contributed by atoms with E-state index >= 15 is 0 Å². The van der Waals surface area contributed by atoms with E-state index in [4.69, 9.17) is 0 Å². The highest BCUT2D eigenvalue weighted by atomic mass is 19.4. The van der Waals surface area contributed by atoms with Crippen LogP contribution in [0.1, 0.15) is 80.6 Å². The van der Waals surface area contributed by atoms with Crippen LogP contribution in [0.5, 0.6) is 5.75 Å². The van der Waals surface area contributed by atoms with E-state index in [0.717, 1.165) is 60.8 Å². The molecule has 0 heterocycles. The molecule has 0 aliphatic heterocycles. The van der Waals surface area contributed by atoms with Crippen molar-refractivity contribution in [3.05, 3.63) is 58.7 Å². The normalized spacial score (nSPS) is 20.3. The Labute approximate surface area is 221 Å². The Bertz CT molecular complexity index is 1220. The van der Waals surface area contributed by atoms with Crippen molar-refractivity contribution in [2.24, 2.45) is 10.9 Å². The molecule has 2 N–H and O–H groups in total. The summed E-state index contributed by atoms with van der Waals surface area (Å²) in [7, 11) is 0. The maximum atomic E-state index is 12.6. The highest BCUT2D eigenvalue weighted by Gasteiger charge is 2.33. The van der Waals surface area contributed by atoms with E-state index in [2.05, 4.69) is 9.73 Å². The van der Waals surface area contributed by atoms with E-state index < -0.39 is 19.1 Å². The summed E-state index contributed by atoms with van der Waals surface area (Å²) in [4.78, 5) is 16.9. The first-order valence-corrected chi connectivity index (χ1v) is 13.1. The van der Waals surface area contributed by atoms with Gasteiger partial charge in [-0.1, -0.05) is 24.3 Å². The molecule has 0 saturated heterocycles. The number of aliphatic hydroxyl groups is 2. The third-order valence-corrected chi connectivity index (χ3v) is 7.71. The van der Waals surface area contributed by atoms with E-state index in [1.54, 1.807) is 25.3 Å². The fourth-order valence-corrected chi connectivity index (χ4v) is 5.68. The van der Waals surface area contributed by atoms with Crippen LogP contribution in [0, 0.1) is 12.8 Å². The molecule has 5 nitrogen and oxygen atoms in total. The van der Waals surface area contributed by atoms with Crippen molar-refractivity contribution in [3.63, 3.8) is 0 Å². The van der Waals surface area contributed by atoms with E-state index in [-0.39, 0.29) is 17.5 Å². The summed E-state index contributed by atoms with van der Waals surface area (Å²) in [5.41, 5.74) is 5.24. The number of rotatable bonds is 10. The molecule has 3 atom stereocenters. The number of aliphatic hydroxyl groups excluding tert-OH is 2. The summed E-state index contributed by atoms with van der Waals surface area (Å²) >= 11 is 0. The van der Waals surface area contributed by atoms with Crippen molar-refractivity contribution in [2.45, 2.75) is 77.2 Å². The largest absolute Gasteiger partial charge is 0.573 e. The number of carbonyl (C=O) groups excluding carboxylic acids is 1. The number of alkyl halides is 3. The number of halogens is 3. The number of aliphatic imine (C=N–C) groups is 1. The molecule has 0 amide bonds. The topological polar surface area (TPSA) is 79.1 Å². The summed E-state index contributed by atoms with van der Waals surface area (Å²) in [5.74, 6) is 0.424. The molecule has 0 radical (unpaired) electrons. The molecule has 2 unspecified atom stereocenters. The van der Waals surface area contributed by atoms with Crippen LogP contribution in [-0.2, 0) is 4.79 Å². The van der Waals surface area contributed by atoms with Gasteiger partial charge in [0.1, 0.15) is 11.9 Å². The summed E-state index contributed by atoms with van der Waals surface area (Å²) in [6.07, 6.45) is 3.68. The maximum Gasteiger partial charge on any atom is 0.573 e. The molecule has 2 aromatic carbocycles. The molecular weight excluding hydrogens is 495 g/mol. The van der Waals surface area contributed by atoms with Crippen molar-refractivity contribution in [3.8, 4) is 16.9 Å². The predicted octanol–water partition coefficient (Wildman–Crippen LogP) is 7.26. The molecular formula is C30H34F3NO4. The number of allylic oxidation sites excluding steroid dienone is 2. The Morgan fingerprint density at radius 3 is 2.53 bits per heavy atom. The van der Waals surface area contributed by atoms with Gasteiger partial charge in [0.2, 0.25) is 0 Å². The van der Waals surface area contributed by atoms with Gasteiger partial charge in [-0.15, -0.1) is 13.2 Å². The minimum Gasteiger partial charge on any atom is -0.406 e. The molecule has 2 aliphatic rings. The smallest absolute Gasteiger partial charge is 0.406 e. The maximum absolute atomic E-state index is 12.6. The van der Waals surface area contributed by atoms with Crippen molar-refractivity contribution < 1.29 is 32.9 Å². The van der Waals surface area contributed by atoms with Gasteiger partial charge in [-0.25, -0.2) is 0 Å². The van der Waals surface area contributed by atoms with Gasteiger partial charge in [-0.3, -0.25) is 9.79 Å². The molecule has 38 heavy (non-hydrogen) atoms. The Kier molecular flexibility index (Phi) is 8.73. The Morgan fingerprint density at radius 2 is 1.95 bits per heavy atom. The lowest BCUT2D eigenvalue weighted by Crippen LogP contribution is -2.16. The minimum atomic E-state index is -4.77. The SMILES string of the molecule is CC=Nc1c(C)c(-c2ccc(OC(F)(F)F)cc2)cc(C2CCC(CCC(=O)C3=CCC3)C2)c1[C@H](O)CO. The number of Topliss-reactive ketones (excluding diaryl/α,β-unsaturated/α-hetero) is 1. The lowest BCUT2D eigenvalue weighted by molar-refractivity contribution is -0.274. The monoisotopic (exact) mass is 529 g/mol. The lowest BCUT2D eigenvalue weighted by atomic mass is 9.83. The van der Waals surface area contributed by atoms with Crippen LogP contribution in [0.15, 0.2) is 47.0 Å². The molecule has 8 heteroatoms. The first-order chi connectivity index (χ1) is 18.1. The summed E-state index contributed by atoms with van der Waals surface area (Å²) < 4.78 is 41.9. The summed E-state index contributed by atoms with van der Waals surface area (Å²) in [5, 5.41) is 20.7. The number of carbonyl (C=O) groups is 1. The molecule has 1 fully saturated rings. The average Bonchev–Trinajstić information content (AvgIpc) is 3.31. The Morgan fingerprint density at radius 1 is 1.24 bits per heavy atom. The fraction of sp³-hybridized carbons (Fsp3) is 0.467. The minimum absolute atomic E-state index is 0.104. The third-order valence-electron chi connectivity index (χ3n) is 7.71. The molecule has 0 spiro atoms. The van der Waals surface area contributed by atoms with Crippen molar-refractivity contribution in [2.75, 3.05) is 6.61 Å². The van der Waals surface area contributed by atoms with Crippen LogP contribution in [0.2, 0.25) is 0 Å². The summed E-state index contributed by atoms with van der Waals surface area (Å²) in [6, 6.07) is 7.69. The van der Waals surface area contributed by atoms with E-state index in [1.807, 2.05) is 19.1 Å². The van der Waals surface area contributed by atoms with E-state index in [9.17, 15) is 28.2 Å². The zero-order valence-electron chi connectivity index (χ0n) is 21.7. The fourth-order valence-electron chi connectivity index (χ4n) is 5.68. The van der Waals surface area contributed by atoms with Crippen molar-refractivity contribution in [1.82, 2.24) is 0 Å². The van der Waals surface area contributed by atoms with Crippen molar-refractivity contribution in [1.29, 1.82) is 0 Å². The molecule has 1 saturated carbocycles. The number of nitrogens with zero attached hydrogens (tertiary/aromatic N) is 1. The quantitative estimate of drug-likeness (QED) is 0.318. The van der Waals surface area contributed by atoms with Crippen LogP contribution >= 0.6 is 0 Å². The zero-order valence-corrected chi connectivity index (χ0v) is 21.7. The highest BCUT2D eigenvalue weighted by molar-refractivity contribution is 5.96. The van der Waals surface area contributed by atoms with Gasteiger partial charge in [0.15, 0.2) is 5.78 Å². The van der Waals surface area contributed by atoms with Gasteiger partial charge in [-0.2, -0.15) is 0 Å². The molecule has 204 valence electrons. The first-order valence-electron chi connectivity index (χ1n) is 13.1. The van der Waals surface area contributed by atoms with Gasteiger partial charge >= 0.3 is 6.36 Å². The van der Waals surface area contributed by atoms with Crippen LogP contribution < -0.4 is 4.74 Å². The standard InChI is InChI=1S/C30H34F3NO4/c1-3-34-29-18(2)24(20-10-12-23(13-11-20)38-30(31,32)33)16-25(28(29)27(37)17-35)22-9-7-19(15-22)8-14-26(36)21-5-4-6-21/h3,5,10-13,16,19,22,27,35,37H,4,6-9,14-15,17H2,1-2H3/t19?,22?,27-/m1/s1. The summed E-state index contributed by atoms with van der Waals surface area (Å²) in [6.45, 7) is 3.17. The second kappa shape index (κ2) is 11.8. The number of ketones is 1. The molecule has 4 rings (SSSR count). The second-order valence-corrected chi connectivity index (χ2v) is 10.2. The van der Waals surface area contributed by atoms with Gasteiger partial charge in [-0.05, 0) is 104 Å². The first kappa shape index (κ1) is 28.0. The van der Waals surface area contributed by atoms with Gasteiger partial charge in [0, 0.05) is 18.2 Å². The average molecular weight is 530 g/mol. The van der Waals surface area contributed by atoms with E-state index in [0.29, 0.717) is 29.2 Å². The van der Waals surface area contributed by atoms with Gasteiger partial charge < -0.3 is 14.9 Å². The zero-order chi connectivity index (χ0) is 27.4. The number of hydrogen-bond acceptors (Lipinski definition) is 5. The second-order valence-electron chi connectivity index (χ2n) is 10.2. The van der Waals surface area contributed by atoms with Gasteiger partial charge in [0.25, 0.3) is 0 Å². The predicted molar refractivity (Wildman–Crippen MR) is 141 cm³/mol. The van der Waals surface area contributed by atoms with Crippen LogP contribution in [0.25, 0.3) is 11.1 Å². The number of benzene rings is 2.